The lowest BCUT2D eigenvalue weighted by molar-refractivity contribution is 0.0855. The van der Waals surface area contributed by atoms with Crippen LogP contribution in [0.4, 0.5) is 0 Å². The van der Waals surface area contributed by atoms with E-state index in [9.17, 15) is 9.90 Å². The highest BCUT2D eigenvalue weighted by molar-refractivity contribution is 7.13. The summed E-state index contributed by atoms with van der Waals surface area (Å²) in [5.41, 5.74) is 1.79. The monoisotopic (exact) mass is 304 g/mol. The molecule has 21 heavy (non-hydrogen) atoms. The molecule has 0 bridgehead atoms. The topological polar surface area (TPSA) is 62.2 Å². The van der Waals surface area contributed by atoms with Crippen LogP contribution in [-0.2, 0) is 6.42 Å². The molecular weight excluding hydrogens is 284 g/mol. The van der Waals surface area contributed by atoms with E-state index in [4.69, 9.17) is 0 Å². The summed E-state index contributed by atoms with van der Waals surface area (Å²) in [6, 6.07) is 9.43. The lowest BCUT2D eigenvalue weighted by Gasteiger charge is -2.20. The van der Waals surface area contributed by atoms with Crippen molar-refractivity contribution in [3.05, 3.63) is 51.5 Å². The van der Waals surface area contributed by atoms with Gasteiger partial charge in [0.2, 0.25) is 0 Å². The summed E-state index contributed by atoms with van der Waals surface area (Å²) in [5, 5.41) is 13.9. The average molecular weight is 304 g/mol. The Morgan fingerprint density at radius 2 is 2.00 bits per heavy atom. The van der Waals surface area contributed by atoms with Crippen molar-refractivity contribution in [2.45, 2.75) is 39.3 Å². The molecule has 0 aliphatic rings. The molecule has 2 aromatic rings. The van der Waals surface area contributed by atoms with Crippen LogP contribution in [0.25, 0.3) is 0 Å². The molecule has 112 valence electrons. The van der Waals surface area contributed by atoms with E-state index < -0.39 is 6.10 Å². The number of thiazole rings is 1. The number of aryl methyl sites for hydroxylation is 2. The molecule has 2 unspecified atom stereocenters. The van der Waals surface area contributed by atoms with Crippen molar-refractivity contribution in [3.8, 4) is 0 Å². The van der Waals surface area contributed by atoms with Gasteiger partial charge in [0, 0.05) is 6.42 Å². The van der Waals surface area contributed by atoms with E-state index in [2.05, 4.69) is 10.3 Å². The smallest absolute Gasteiger partial charge is 0.263 e. The van der Waals surface area contributed by atoms with E-state index in [1.165, 1.54) is 11.3 Å². The maximum absolute atomic E-state index is 12.2. The number of nitrogens with zero attached hydrogens (tertiary/aromatic N) is 1. The van der Waals surface area contributed by atoms with Crippen LogP contribution in [0.1, 0.15) is 32.9 Å². The van der Waals surface area contributed by atoms with Crippen molar-refractivity contribution in [1.82, 2.24) is 10.3 Å². The summed E-state index contributed by atoms with van der Waals surface area (Å²) in [6.45, 7) is 5.51. The number of nitrogens with one attached hydrogen (secondary N) is 1. The van der Waals surface area contributed by atoms with Crippen molar-refractivity contribution >= 4 is 17.2 Å². The summed E-state index contributed by atoms with van der Waals surface area (Å²) in [7, 11) is 0. The van der Waals surface area contributed by atoms with Gasteiger partial charge in [0.15, 0.2) is 0 Å². The van der Waals surface area contributed by atoms with Crippen LogP contribution in [0.5, 0.6) is 0 Å². The highest BCUT2D eigenvalue weighted by atomic mass is 32.1. The normalized spacial score (nSPS) is 13.7. The highest BCUT2D eigenvalue weighted by Crippen LogP contribution is 2.17. The number of aliphatic hydroxyl groups is 1. The zero-order valence-electron chi connectivity index (χ0n) is 12.5. The standard InChI is InChI=1S/C16H20N2O2S/c1-10(14(19)9-13-7-5-4-6-8-13)18-16(20)15-11(2)17-12(3)21-15/h4-8,10,14,19H,9H2,1-3H3,(H,18,20). The number of carbonyl (C=O) groups excluding carboxylic acids is 1. The minimum Gasteiger partial charge on any atom is -0.391 e. The minimum atomic E-state index is -0.620. The number of carbonyl (C=O) groups is 1. The second-order valence-electron chi connectivity index (χ2n) is 5.17. The lowest BCUT2D eigenvalue weighted by atomic mass is 10.0. The van der Waals surface area contributed by atoms with E-state index in [-0.39, 0.29) is 11.9 Å². The summed E-state index contributed by atoms with van der Waals surface area (Å²) >= 11 is 1.38. The molecule has 1 amide bonds. The van der Waals surface area contributed by atoms with Gasteiger partial charge in [0.1, 0.15) is 4.88 Å². The Bertz CT molecular complexity index is 610. The summed E-state index contributed by atoms with van der Waals surface area (Å²) in [6.07, 6.45) is -0.103. The number of aliphatic hydroxyl groups excluding tert-OH is 1. The number of benzene rings is 1. The molecule has 0 radical (unpaired) electrons. The maximum atomic E-state index is 12.2. The van der Waals surface area contributed by atoms with E-state index in [1.807, 2.05) is 51.1 Å². The number of rotatable bonds is 5. The van der Waals surface area contributed by atoms with Gasteiger partial charge in [-0.15, -0.1) is 11.3 Å². The largest absolute Gasteiger partial charge is 0.391 e. The SMILES string of the molecule is Cc1nc(C)c(C(=O)NC(C)C(O)Cc2ccccc2)s1. The Morgan fingerprint density at radius 3 is 2.57 bits per heavy atom. The molecule has 2 atom stereocenters. The molecule has 0 fully saturated rings. The molecule has 0 saturated heterocycles. The molecule has 1 heterocycles. The van der Waals surface area contributed by atoms with Gasteiger partial charge in [0.05, 0.1) is 22.8 Å². The van der Waals surface area contributed by atoms with Crippen LogP contribution >= 0.6 is 11.3 Å². The summed E-state index contributed by atoms with van der Waals surface area (Å²) in [5.74, 6) is -0.169. The molecule has 0 aliphatic carbocycles. The molecule has 4 nitrogen and oxygen atoms in total. The number of hydrogen-bond acceptors (Lipinski definition) is 4. The van der Waals surface area contributed by atoms with Crippen molar-refractivity contribution in [1.29, 1.82) is 0 Å². The second-order valence-corrected chi connectivity index (χ2v) is 6.37. The van der Waals surface area contributed by atoms with Crippen molar-refractivity contribution in [3.63, 3.8) is 0 Å². The predicted molar refractivity (Wildman–Crippen MR) is 84.7 cm³/mol. The molecule has 0 spiro atoms. The Morgan fingerprint density at radius 1 is 1.33 bits per heavy atom. The second kappa shape index (κ2) is 6.83. The zero-order chi connectivity index (χ0) is 15.4. The fourth-order valence-electron chi connectivity index (χ4n) is 2.14. The molecule has 0 saturated carbocycles. The van der Waals surface area contributed by atoms with Crippen molar-refractivity contribution in [2.75, 3.05) is 0 Å². The number of amides is 1. The van der Waals surface area contributed by atoms with E-state index in [0.717, 1.165) is 16.3 Å². The fourth-order valence-corrected chi connectivity index (χ4v) is 2.97. The van der Waals surface area contributed by atoms with Crippen molar-refractivity contribution < 1.29 is 9.90 Å². The predicted octanol–water partition coefficient (Wildman–Crippen LogP) is 2.48. The minimum absolute atomic E-state index is 0.169. The van der Waals surface area contributed by atoms with E-state index in [0.29, 0.717) is 11.3 Å². The van der Waals surface area contributed by atoms with Gasteiger partial charge in [-0.2, -0.15) is 0 Å². The average Bonchev–Trinajstić information content (AvgIpc) is 2.78. The third kappa shape index (κ3) is 4.12. The van der Waals surface area contributed by atoms with E-state index >= 15 is 0 Å². The van der Waals surface area contributed by atoms with Crippen LogP contribution in [0, 0.1) is 13.8 Å². The van der Waals surface area contributed by atoms with Crippen molar-refractivity contribution in [2.24, 2.45) is 0 Å². The molecule has 1 aromatic carbocycles. The van der Waals surface area contributed by atoms with Crippen LogP contribution < -0.4 is 5.32 Å². The maximum Gasteiger partial charge on any atom is 0.263 e. The summed E-state index contributed by atoms with van der Waals surface area (Å²) < 4.78 is 0. The molecule has 2 rings (SSSR count). The van der Waals surface area contributed by atoms with Gasteiger partial charge in [-0.25, -0.2) is 4.98 Å². The Balaban J connectivity index is 1.96. The lowest BCUT2D eigenvalue weighted by Crippen LogP contribution is -2.42. The van der Waals surface area contributed by atoms with Crippen LogP contribution in [0.3, 0.4) is 0 Å². The quantitative estimate of drug-likeness (QED) is 0.892. The third-order valence-electron chi connectivity index (χ3n) is 3.33. The molecule has 5 heteroatoms. The van der Waals surface area contributed by atoms with Gasteiger partial charge in [-0.3, -0.25) is 4.79 Å². The molecule has 2 N–H and O–H groups in total. The zero-order valence-corrected chi connectivity index (χ0v) is 13.3. The molecule has 0 aliphatic heterocycles. The van der Waals surface area contributed by atoms with Crippen LogP contribution in [0.2, 0.25) is 0 Å². The van der Waals surface area contributed by atoms with Crippen LogP contribution in [-0.4, -0.2) is 28.1 Å². The number of hydrogen-bond donors (Lipinski definition) is 2. The Hall–Kier alpha value is -1.72. The first-order valence-electron chi connectivity index (χ1n) is 6.94. The first-order valence-corrected chi connectivity index (χ1v) is 7.76. The van der Waals surface area contributed by atoms with Gasteiger partial charge >= 0.3 is 0 Å². The van der Waals surface area contributed by atoms with E-state index in [1.54, 1.807) is 0 Å². The van der Waals surface area contributed by atoms with Gasteiger partial charge in [-0.05, 0) is 26.3 Å². The molecule has 1 aromatic heterocycles. The third-order valence-corrected chi connectivity index (χ3v) is 4.40. The fraction of sp³-hybridized carbons (Fsp3) is 0.375. The van der Waals surface area contributed by atoms with Gasteiger partial charge in [-0.1, -0.05) is 30.3 Å². The Kier molecular flexibility index (Phi) is 5.09. The van der Waals surface area contributed by atoms with Gasteiger partial charge < -0.3 is 10.4 Å². The van der Waals surface area contributed by atoms with Crippen LogP contribution in [0.15, 0.2) is 30.3 Å². The first-order chi connectivity index (χ1) is 9.97. The Labute approximate surface area is 128 Å². The highest BCUT2D eigenvalue weighted by Gasteiger charge is 2.20. The number of aromatic nitrogens is 1. The summed E-state index contributed by atoms with van der Waals surface area (Å²) in [4.78, 5) is 17.1. The van der Waals surface area contributed by atoms with Gasteiger partial charge in [0.25, 0.3) is 5.91 Å². The first kappa shape index (κ1) is 15.7. The molecular formula is C16H20N2O2S.